The minimum atomic E-state index is -1.34. The molecule has 0 aliphatic carbocycles. The van der Waals surface area contributed by atoms with Crippen molar-refractivity contribution in [3.63, 3.8) is 0 Å². The van der Waals surface area contributed by atoms with Gasteiger partial charge in [-0.2, -0.15) is 0 Å². The molecule has 1 fully saturated rings. The van der Waals surface area contributed by atoms with Gasteiger partial charge in [0.25, 0.3) is 0 Å². The molecule has 1 N–H and O–H groups in total. The number of anilines is 1. The van der Waals surface area contributed by atoms with E-state index in [-0.39, 0.29) is 11.3 Å². The maximum atomic E-state index is 13.8. The summed E-state index contributed by atoms with van der Waals surface area (Å²) in [7, 11) is 1.94. The number of carboxylic acids is 1. The normalized spacial score (nSPS) is 16.9. The maximum absolute atomic E-state index is 13.8. The molecular weight excluding hydrogens is 242 g/mol. The van der Waals surface area contributed by atoms with Gasteiger partial charge in [-0.3, -0.25) is 0 Å². The third-order valence-corrected chi connectivity index (χ3v) is 3.08. The highest BCUT2D eigenvalue weighted by atomic mass is 19.1. The molecule has 1 heterocycles. The molecule has 0 radical (unpaired) electrons. The standard InChI is InChI=1S/C12H14F2N2O2/c1-15-2-4-16(5-3-15)11-9(13)6-8(12(17)18)7-10(11)14/h6-7H,2-5H2,1H3,(H,17,18). The van der Waals surface area contributed by atoms with Crippen molar-refractivity contribution >= 4 is 11.7 Å². The summed E-state index contributed by atoms with van der Waals surface area (Å²) in [6, 6.07) is 1.72. The van der Waals surface area contributed by atoms with E-state index in [2.05, 4.69) is 4.90 Å². The smallest absolute Gasteiger partial charge is 0.335 e. The molecule has 2 rings (SSSR count). The fraction of sp³-hybridized carbons (Fsp3) is 0.417. The molecule has 1 saturated heterocycles. The van der Waals surface area contributed by atoms with Crippen LogP contribution in [-0.4, -0.2) is 49.2 Å². The number of carboxylic acid groups (broad SMARTS) is 1. The van der Waals surface area contributed by atoms with Crippen molar-refractivity contribution in [1.82, 2.24) is 4.90 Å². The molecule has 1 aliphatic rings. The van der Waals surface area contributed by atoms with Crippen LogP contribution < -0.4 is 4.90 Å². The highest BCUT2D eigenvalue weighted by Crippen LogP contribution is 2.26. The molecule has 98 valence electrons. The predicted octanol–water partition coefficient (Wildman–Crippen LogP) is 1.41. The lowest BCUT2D eigenvalue weighted by Crippen LogP contribution is -2.45. The Bertz CT molecular complexity index is 448. The van der Waals surface area contributed by atoms with Gasteiger partial charge in [-0.05, 0) is 19.2 Å². The molecule has 1 aromatic rings. The van der Waals surface area contributed by atoms with Gasteiger partial charge >= 0.3 is 5.97 Å². The van der Waals surface area contributed by atoms with E-state index >= 15 is 0 Å². The Morgan fingerprint density at radius 1 is 1.17 bits per heavy atom. The third kappa shape index (κ3) is 2.43. The molecule has 1 aromatic carbocycles. The molecule has 0 atom stereocenters. The van der Waals surface area contributed by atoms with Gasteiger partial charge < -0.3 is 14.9 Å². The summed E-state index contributed by atoms with van der Waals surface area (Å²) >= 11 is 0. The van der Waals surface area contributed by atoms with E-state index in [0.717, 1.165) is 25.2 Å². The number of aromatic carboxylic acids is 1. The lowest BCUT2D eigenvalue weighted by Gasteiger charge is -2.34. The molecule has 0 aromatic heterocycles. The second-order valence-corrected chi connectivity index (χ2v) is 4.38. The topological polar surface area (TPSA) is 43.8 Å². The zero-order chi connectivity index (χ0) is 13.3. The monoisotopic (exact) mass is 256 g/mol. The van der Waals surface area contributed by atoms with Crippen LogP contribution in [0, 0.1) is 11.6 Å². The van der Waals surface area contributed by atoms with Crippen LogP contribution >= 0.6 is 0 Å². The van der Waals surface area contributed by atoms with Gasteiger partial charge in [0.1, 0.15) is 17.3 Å². The first-order valence-corrected chi connectivity index (χ1v) is 5.65. The van der Waals surface area contributed by atoms with E-state index in [1.807, 2.05) is 7.05 Å². The molecule has 0 unspecified atom stereocenters. The zero-order valence-electron chi connectivity index (χ0n) is 9.99. The fourth-order valence-corrected chi connectivity index (χ4v) is 2.02. The number of nitrogens with zero attached hydrogens (tertiary/aromatic N) is 2. The van der Waals surface area contributed by atoms with Crippen LogP contribution in [0.5, 0.6) is 0 Å². The van der Waals surface area contributed by atoms with E-state index in [4.69, 9.17) is 5.11 Å². The lowest BCUT2D eigenvalue weighted by molar-refractivity contribution is 0.0695. The summed E-state index contributed by atoms with van der Waals surface area (Å²) in [6.45, 7) is 2.49. The van der Waals surface area contributed by atoms with Gasteiger partial charge in [-0.15, -0.1) is 0 Å². The van der Waals surface area contributed by atoms with Gasteiger partial charge in [-0.25, -0.2) is 13.6 Å². The van der Waals surface area contributed by atoms with Crippen molar-refractivity contribution in [2.75, 3.05) is 38.1 Å². The van der Waals surface area contributed by atoms with Crippen LogP contribution in [0.3, 0.4) is 0 Å². The second kappa shape index (κ2) is 4.89. The molecule has 1 aliphatic heterocycles. The van der Waals surface area contributed by atoms with Crippen LogP contribution in [0.2, 0.25) is 0 Å². The highest BCUT2D eigenvalue weighted by Gasteiger charge is 2.22. The Labute approximate surface area is 103 Å². The summed E-state index contributed by atoms with van der Waals surface area (Å²) in [5.41, 5.74) is -0.504. The van der Waals surface area contributed by atoms with Crippen molar-refractivity contribution in [3.8, 4) is 0 Å². The van der Waals surface area contributed by atoms with Crippen molar-refractivity contribution in [2.24, 2.45) is 0 Å². The van der Waals surface area contributed by atoms with Gasteiger partial charge in [0.2, 0.25) is 0 Å². The Morgan fingerprint density at radius 2 is 1.67 bits per heavy atom. The fourth-order valence-electron chi connectivity index (χ4n) is 2.02. The van der Waals surface area contributed by atoms with Crippen molar-refractivity contribution in [1.29, 1.82) is 0 Å². The van der Waals surface area contributed by atoms with E-state index in [0.29, 0.717) is 13.1 Å². The highest BCUT2D eigenvalue weighted by molar-refractivity contribution is 5.88. The molecule has 4 nitrogen and oxygen atoms in total. The number of piperazine rings is 1. The van der Waals surface area contributed by atoms with E-state index in [9.17, 15) is 13.6 Å². The van der Waals surface area contributed by atoms with Gasteiger partial charge in [0.15, 0.2) is 0 Å². The maximum Gasteiger partial charge on any atom is 0.335 e. The number of hydrogen-bond acceptors (Lipinski definition) is 3. The van der Waals surface area contributed by atoms with Crippen LogP contribution in [0.1, 0.15) is 10.4 Å². The minimum Gasteiger partial charge on any atom is -0.478 e. The van der Waals surface area contributed by atoms with Gasteiger partial charge in [0.05, 0.1) is 5.56 Å². The first-order valence-electron chi connectivity index (χ1n) is 5.65. The Balaban J connectivity index is 2.31. The molecule has 0 saturated carbocycles. The quantitative estimate of drug-likeness (QED) is 0.869. The summed E-state index contributed by atoms with van der Waals surface area (Å²) < 4.78 is 27.6. The largest absolute Gasteiger partial charge is 0.478 e. The minimum absolute atomic E-state index is 0.131. The Hall–Kier alpha value is -1.69. The van der Waals surface area contributed by atoms with E-state index in [1.165, 1.54) is 0 Å². The summed E-state index contributed by atoms with van der Waals surface area (Å²) in [5, 5.41) is 8.72. The zero-order valence-corrected chi connectivity index (χ0v) is 9.99. The van der Waals surface area contributed by atoms with Crippen molar-refractivity contribution in [2.45, 2.75) is 0 Å². The van der Waals surface area contributed by atoms with Crippen LogP contribution in [0.4, 0.5) is 14.5 Å². The van der Waals surface area contributed by atoms with E-state index < -0.39 is 17.6 Å². The van der Waals surface area contributed by atoms with E-state index in [1.54, 1.807) is 4.90 Å². The lowest BCUT2D eigenvalue weighted by atomic mass is 10.1. The Morgan fingerprint density at radius 3 is 2.11 bits per heavy atom. The van der Waals surface area contributed by atoms with Gasteiger partial charge in [0, 0.05) is 26.2 Å². The number of carbonyl (C=O) groups is 1. The first-order chi connectivity index (χ1) is 8.49. The predicted molar refractivity (Wildman–Crippen MR) is 63.0 cm³/mol. The summed E-state index contributed by atoms with van der Waals surface area (Å²) in [6.07, 6.45) is 0. The van der Waals surface area contributed by atoms with Crippen LogP contribution in [0.15, 0.2) is 12.1 Å². The van der Waals surface area contributed by atoms with Crippen LogP contribution in [0.25, 0.3) is 0 Å². The molecule has 18 heavy (non-hydrogen) atoms. The number of halogens is 2. The SMILES string of the molecule is CN1CCN(c2c(F)cc(C(=O)O)cc2F)CC1. The number of hydrogen-bond donors (Lipinski definition) is 1. The number of benzene rings is 1. The van der Waals surface area contributed by atoms with Crippen molar-refractivity contribution < 1.29 is 18.7 Å². The summed E-state index contributed by atoms with van der Waals surface area (Å²) in [4.78, 5) is 14.4. The average Bonchev–Trinajstić information content (AvgIpc) is 2.30. The Kier molecular flexibility index (Phi) is 3.47. The molecule has 0 spiro atoms. The van der Waals surface area contributed by atoms with Crippen LogP contribution in [-0.2, 0) is 0 Å². The number of likely N-dealkylation sites (N-methyl/N-ethyl adjacent to an activating group) is 1. The molecule has 0 amide bonds. The van der Waals surface area contributed by atoms with Crippen molar-refractivity contribution in [3.05, 3.63) is 29.3 Å². The van der Waals surface area contributed by atoms with Gasteiger partial charge in [-0.1, -0.05) is 0 Å². The molecule has 0 bridgehead atoms. The third-order valence-electron chi connectivity index (χ3n) is 3.08. The average molecular weight is 256 g/mol. The molecule has 6 heteroatoms. The first kappa shape index (κ1) is 12.8. The molecular formula is C12H14F2N2O2. The summed E-state index contributed by atoms with van der Waals surface area (Å²) in [5.74, 6) is -2.98. The second-order valence-electron chi connectivity index (χ2n) is 4.38. The number of rotatable bonds is 2.